The number of carboxylic acids is 2. The van der Waals surface area contributed by atoms with Gasteiger partial charge < -0.3 is 19.8 Å². The van der Waals surface area contributed by atoms with E-state index in [9.17, 15) is 19.8 Å². The van der Waals surface area contributed by atoms with Gasteiger partial charge in [0.25, 0.3) is 0 Å². The molecule has 0 aromatic carbocycles. The predicted molar refractivity (Wildman–Crippen MR) is 63.9 cm³/mol. The summed E-state index contributed by atoms with van der Waals surface area (Å²) in [5, 5.41) is 20.1. The molecule has 2 aromatic heterocycles. The van der Waals surface area contributed by atoms with E-state index in [0.29, 0.717) is 0 Å². The number of aromatic nitrogens is 2. The first-order valence-electron chi connectivity index (χ1n) is 4.86. The van der Waals surface area contributed by atoms with Crippen LogP contribution in [0.25, 0.3) is 0 Å². The van der Waals surface area contributed by atoms with Crippen molar-refractivity contribution >= 4 is 11.9 Å². The van der Waals surface area contributed by atoms with E-state index in [-0.39, 0.29) is 18.8 Å². The summed E-state index contributed by atoms with van der Waals surface area (Å²) in [6.07, 6.45) is 2.82. The van der Waals surface area contributed by atoms with Crippen molar-refractivity contribution in [1.29, 1.82) is 0 Å². The Labute approximate surface area is 110 Å². The van der Waals surface area contributed by atoms with Crippen LogP contribution in [0.5, 0.6) is 0 Å². The molecule has 2 heterocycles. The van der Waals surface area contributed by atoms with Gasteiger partial charge in [0.2, 0.25) is 0 Å². The van der Waals surface area contributed by atoms with Crippen LogP contribution in [-0.2, 0) is 0 Å². The minimum absolute atomic E-state index is 0. The lowest BCUT2D eigenvalue weighted by Crippen LogP contribution is -2.23. The Bertz CT molecular complexity index is 465. The average molecular weight is 260 g/mol. The molecule has 0 aliphatic rings. The number of hydrogen-bond donors (Lipinski definition) is 0. The Balaban J connectivity index is 0.000000324. The van der Waals surface area contributed by atoms with Crippen molar-refractivity contribution in [2.45, 2.75) is 7.43 Å². The van der Waals surface area contributed by atoms with Gasteiger partial charge in [-0.1, -0.05) is 19.6 Å². The Morgan fingerprint density at radius 3 is 1.32 bits per heavy atom. The van der Waals surface area contributed by atoms with Gasteiger partial charge in [-0.15, -0.1) is 0 Å². The van der Waals surface area contributed by atoms with Crippen LogP contribution < -0.4 is 10.2 Å². The van der Waals surface area contributed by atoms with Gasteiger partial charge >= 0.3 is 0 Å². The second-order valence-corrected chi connectivity index (χ2v) is 3.00. The molecule has 100 valence electrons. The van der Waals surface area contributed by atoms with E-state index in [1.165, 1.54) is 24.5 Å². The van der Waals surface area contributed by atoms with Crippen molar-refractivity contribution in [2.75, 3.05) is 0 Å². The van der Waals surface area contributed by atoms with E-state index in [1.807, 2.05) is 0 Å². The van der Waals surface area contributed by atoms with Crippen LogP contribution >= 0.6 is 0 Å². The van der Waals surface area contributed by atoms with Gasteiger partial charge in [-0.25, -0.2) is 0 Å². The number of aromatic carboxylic acids is 2. The molecule has 0 saturated heterocycles. The number of carbonyl (C=O) groups is 2. The first-order valence-corrected chi connectivity index (χ1v) is 4.86. The lowest BCUT2D eigenvalue weighted by Gasteiger charge is -1.96. The number of carbonyl (C=O) groups excluding carboxylic acids is 2. The molecule has 2 rings (SSSR count). The second kappa shape index (κ2) is 8.35. The molecule has 0 amide bonds. The van der Waals surface area contributed by atoms with E-state index in [0.717, 1.165) is 0 Å². The zero-order chi connectivity index (χ0) is 13.4. The van der Waals surface area contributed by atoms with Gasteiger partial charge in [0, 0.05) is 12.4 Å². The number of pyridine rings is 2. The van der Waals surface area contributed by atoms with E-state index in [4.69, 9.17) is 0 Å². The fraction of sp³-hybridized carbons (Fsp3) is 0.0769. The first kappa shape index (κ1) is 16.2. The fourth-order valence-corrected chi connectivity index (χ4v) is 0.967. The third kappa shape index (κ3) is 5.92. The van der Waals surface area contributed by atoms with E-state index >= 15 is 0 Å². The zero-order valence-corrected chi connectivity index (χ0v) is 9.15. The Hall–Kier alpha value is -2.76. The molecule has 0 aliphatic carbocycles. The molecule has 0 N–H and O–H groups in total. The molecule has 0 spiro atoms. The summed E-state index contributed by atoms with van der Waals surface area (Å²) in [7, 11) is 0. The molecule has 0 saturated carbocycles. The van der Waals surface area contributed by atoms with Gasteiger partial charge in [0.05, 0.1) is 23.3 Å². The molecule has 0 fully saturated rings. The van der Waals surface area contributed by atoms with Crippen molar-refractivity contribution < 1.29 is 19.8 Å². The molecule has 6 nitrogen and oxygen atoms in total. The van der Waals surface area contributed by atoms with Crippen molar-refractivity contribution in [1.82, 2.24) is 9.97 Å². The van der Waals surface area contributed by atoms with E-state index in [2.05, 4.69) is 9.97 Å². The smallest absolute Gasteiger partial charge is 0.0899 e. The Morgan fingerprint density at radius 1 is 0.789 bits per heavy atom. The maximum Gasteiger partial charge on any atom is 0.0899 e. The largest absolute Gasteiger partial charge is 0.543 e. The monoisotopic (exact) mass is 260 g/mol. The summed E-state index contributed by atoms with van der Waals surface area (Å²) >= 11 is 0. The fourth-order valence-electron chi connectivity index (χ4n) is 0.967. The van der Waals surface area contributed by atoms with Crippen molar-refractivity contribution in [3.63, 3.8) is 0 Å². The molecular weight excluding hydrogens is 248 g/mol. The molecule has 0 atom stereocenters. The summed E-state index contributed by atoms with van der Waals surface area (Å²) in [6.45, 7) is 0. The third-order valence-electron chi connectivity index (χ3n) is 1.75. The maximum absolute atomic E-state index is 10.0. The van der Waals surface area contributed by atoms with Crippen molar-refractivity contribution in [3.8, 4) is 0 Å². The van der Waals surface area contributed by atoms with Crippen LogP contribution in [-0.4, -0.2) is 21.9 Å². The molecule has 0 bridgehead atoms. The standard InChI is InChI=1S/2C6H5NO2.CH4/c2*8-6(9)5-3-1-2-4-7-5;/h2*1-4H,(H,8,9);1H4/p-2. The predicted octanol–water partition coefficient (Wildman–Crippen LogP) is -0.474. The molecule has 2 aromatic rings. The van der Waals surface area contributed by atoms with Crippen LogP contribution in [0.3, 0.4) is 0 Å². The molecule has 6 heteroatoms. The average Bonchev–Trinajstić information content (AvgIpc) is 2.41. The van der Waals surface area contributed by atoms with Crippen LogP contribution in [0.15, 0.2) is 48.8 Å². The summed E-state index contributed by atoms with van der Waals surface area (Å²) in [6, 6.07) is 9.25. The summed E-state index contributed by atoms with van der Waals surface area (Å²) in [5.74, 6) is -2.48. The van der Waals surface area contributed by atoms with E-state index < -0.39 is 11.9 Å². The Morgan fingerprint density at radius 2 is 1.16 bits per heavy atom. The molecule has 19 heavy (non-hydrogen) atoms. The van der Waals surface area contributed by atoms with Gasteiger partial charge in [0.1, 0.15) is 0 Å². The lowest BCUT2D eigenvalue weighted by atomic mass is 10.4. The van der Waals surface area contributed by atoms with Gasteiger partial charge in [-0.05, 0) is 24.3 Å². The highest BCUT2D eigenvalue weighted by molar-refractivity contribution is 5.83. The minimum atomic E-state index is -1.24. The highest BCUT2D eigenvalue weighted by Gasteiger charge is 1.88. The van der Waals surface area contributed by atoms with Crippen molar-refractivity contribution in [2.24, 2.45) is 0 Å². The highest BCUT2D eigenvalue weighted by atomic mass is 16.4. The number of carboxylic acid groups (broad SMARTS) is 2. The topological polar surface area (TPSA) is 106 Å². The summed E-state index contributed by atoms with van der Waals surface area (Å²) in [4.78, 5) is 27.1. The number of nitrogens with zero attached hydrogens (tertiary/aromatic N) is 2. The van der Waals surface area contributed by atoms with E-state index in [1.54, 1.807) is 24.3 Å². The molecule has 0 radical (unpaired) electrons. The first-order chi connectivity index (χ1) is 8.61. The summed E-state index contributed by atoms with van der Waals surface area (Å²) in [5.41, 5.74) is -0.0602. The lowest BCUT2D eigenvalue weighted by molar-refractivity contribution is -0.256. The number of hydrogen-bond acceptors (Lipinski definition) is 6. The summed E-state index contributed by atoms with van der Waals surface area (Å²) < 4.78 is 0. The van der Waals surface area contributed by atoms with Gasteiger partial charge in [-0.3, -0.25) is 9.97 Å². The van der Waals surface area contributed by atoms with Gasteiger partial charge in [-0.2, -0.15) is 0 Å². The van der Waals surface area contributed by atoms with Crippen LogP contribution in [0.2, 0.25) is 0 Å². The number of rotatable bonds is 2. The highest BCUT2D eigenvalue weighted by Crippen LogP contribution is 1.89. The van der Waals surface area contributed by atoms with Gasteiger partial charge in [0.15, 0.2) is 0 Å². The Kier molecular flexibility index (Phi) is 7.14. The third-order valence-corrected chi connectivity index (χ3v) is 1.75. The minimum Gasteiger partial charge on any atom is -0.543 e. The molecule has 0 unspecified atom stereocenters. The maximum atomic E-state index is 10.0. The quantitative estimate of drug-likeness (QED) is 0.722. The molecular formula is C13H12N2O4-2. The second-order valence-electron chi connectivity index (χ2n) is 3.00. The molecule has 0 aliphatic heterocycles. The normalized spacial score (nSPS) is 8.42. The SMILES string of the molecule is C.O=C([O-])c1ccccn1.O=C([O-])c1ccccn1. The van der Waals surface area contributed by atoms with Crippen LogP contribution in [0.1, 0.15) is 28.4 Å². The van der Waals surface area contributed by atoms with Crippen LogP contribution in [0, 0.1) is 0 Å². The van der Waals surface area contributed by atoms with Crippen LogP contribution in [0.4, 0.5) is 0 Å². The zero-order valence-electron chi connectivity index (χ0n) is 9.15. The van der Waals surface area contributed by atoms with Crippen molar-refractivity contribution in [3.05, 3.63) is 60.2 Å².